The summed E-state index contributed by atoms with van der Waals surface area (Å²) in [7, 11) is 1.32. The van der Waals surface area contributed by atoms with Gasteiger partial charge in [0.2, 0.25) is 5.91 Å². The third-order valence-corrected chi connectivity index (χ3v) is 2.94. The molecule has 0 unspecified atom stereocenters. The van der Waals surface area contributed by atoms with E-state index >= 15 is 0 Å². The predicted octanol–water partition coefficient (Wildman–Crippen LogP) is -0.883. The number of hydrogen-bond acceptors (Lipinski definition) is 5. The highest BCUT2D eigenvalue weighted by molar-refractivity contribution is 5.86. The molecular weight excluding hydrogens is 248 g/mol. The topological polar surface area (TPSA) is 97.0 Å². The van der Waals surface area contributed by atoms with E-state index in [0.717, 1.165) is 6.42 Å². The Labute approximate surface area is 113 Å². The summed E-state index contributed by atoms with van der Waals surface area (Å²) < 4.78 is 4.58. The van der Waals surface area contributed by atoms with Crippen molar-refractivity contribution in [1.82, 2.24) is 10.2 Å². The minimum atomic E-state index is -0.391. The highest BCUT2D eigenvalue weighted by atomic mass is 16.5. The highest BCUT2D eigenvalue weighted by Gasteiger charge is 2.29. The molecule has 0 spiro atoms. The molecule has 1 amide bonds. The molecule has 0 radical (unpaired) electrons. The highest BCUT2D eigenvalue weighted by Crippen LogP contribution is 2.07. The molecule has 0 aromatic heterocycles. The van der Waals surface area contributed by atoms with Crippen molar-refractivity contribution >= 4 is 17.7 Å². The molecule has 19 heavy (non-hydrogen) atoms. The molecule has 1 heterocycles. The number of amides is 1. The van der Waals surface area contributed by atoms with E-state index in [-0.39, 0.29) is 18.5 Å². The summed E-state index contributed by atoms with van der Waals surface area (Å²) in [4.78, 5) is 28.9. The van der Waals surface area contributed by atoms with E-state index in [9.17, 15) is 9.59 Å². The van der Waals surface area contributed by atoms with Gasteiger partial charge in [0.25, 0.3) is 0 Å². The van der Waals surface area contributed by atoms with E-state index < -0.39 is 5.97 Å². The summed E-state index contributed by atoms with van der Waals surface area (Å²) in [5.41, 5.74) is 5.44. The molecule has 7 heteroatoms. The number of rotatable bonds is 6. The van der Waals surface area contributed by atoms with Crippen LogP contribution in [0.4, 0.5) is 0 Å². The first kappa shape index (κ1) is 15.4. The lowest BCUT2D eigenvalue weighted by molar-refractivity contribution is -0.148. The van der Waals surface area contributed by atoms with Crippen LogP contribution in [-0.2, 0) is 14.3 Å². The summed E-state index contributed by atoms with van der Waals surface area (Å²) in [6.07, 6.45) is 1.47. The van der Waals surface area contributed by atoms with Crippen LogP contribution in [0.15, 0.2) is 4.99 Å². The van der Waals surface area contributed by atoms with E-state index in [0.29, 0.717) is 31.9 Å². The van der Waals surface area contributed by atoms with Crippen LogP contribution >= 0.6 is 0 Å². The smallest absolute Gasteiger partial charge is 0.325 e. The molecule has 0 saturated carbocycles. The molecule has 0 aliphatic carbocycles. The second kappa shape index (κ2) is 7.73. The number of aliphatic imine (C=N–C) groups is 1. The van der Waals surface area contributed by atoms with Gasteiger partial charge in [-0.05, 0) is 19.8 Å². The number of hydrogen-bond donors (Lipinski definition) is 2. The molecular formula is C12H22N4O3. The number of carbonyl (C=O) groups excluding carboxylic acids is 2. The van der Waals surface area contributed by atoms with E-state index in [4.69, 9.17) is 5.73 Å². The molecule has 1 aliphatic rings. The molecule has 0 bridgehead atoms. The fourth-order valence-corrected chi connectivity index (χ4v) is 1.95. The number of carbonyl (C=O) groups is 2. The molecule has 0 aromatic carbocycles. The molecule has 0 aromatic rings. The van der Waals surface area contributed by atoms with Crippen molar-refractivity contribution in [3.05, 3.63) is 0 Å². The molecule has 1 saturated heterocycles. The number of ether oxygens (including phenoxy) is 1. The van der Waals surface area contributed by atoms with E-state index in [2.05, 4.69) is 15.0 Å². The van der Waals surface area contributed by atoms with Crippen molar-refractivity contribution in [3.63, 3.8) is 0 Å². The van der Waals surface area contributed by atoms with E-state index in [1.165, 1.54) is 12.0 Å². The maximum Gasteiger partial charge on any atom is 0.325 e. The molecule has 108 valence electrons. The summed E-state index contributed by atoms with van der Waals surface area (Å²) in [5, 5.41) is 3.16. The van der Waals surface area contributed by atoms with Gasteiger partial charge in [-0.1, -0.05) is 0 Å². The lowest BCUT2D eigenvalue weighted by Gasteiger charge is -2.32. The second-order valence-electron chi connectivity index (χ2n) is 4.51. The third-order valence-electron chi connectivity index (χ3n) is 2.94. The Kier molecular flexibility index (Phi) is 6.27. The zero-order chi connectivity index (χ0) is 14.3. The first-order valence-electron chi connectivity index (χ1n) is 6.40. The number of amidine groups is 1. The zero-order valence-corrected chi connectivity index (χ0v) is 11.5. The van der Waals surface area contributed by atoms with Gasteiger partial charge in [0, 0.05) is 19.6 Å². The van der Waals surface area contributed by atoms with Crippen molar-refractivity contribution in [2.45, 2.75) is 25.8 Å². The molecule has 1 aliphatic heterocycles. The fraction of sp³-hybridized carbons (Fsp3) is 0.750. The zero-order valence-electron chi connectivity index (χ0n) is 11.5. The Hall–Kier alpha value is -1.63. The number of nitrogens with two attached hydrogens (primary N) is 1. The van der Waals surface area contributed by atoms with Gasteiger partial charge in [-0.2, -0.15) is 0 Å². The van der Waals surface area contributed by atoms with Crippen LogP contribution < -0.4 is 11.1 Å². The minimum Gasteiger partial charge on any atom is -0.468 e. The van der Waals surface area contributed by atoms with Gasteiger partial charge < -0.3 is 20.7 Å². The normalized spacial score (nSPS) is 20.5. The van der Waals surface area contributed by atoms with Crippen LogP contribution in [0, 0.1) is 0 Å². The van der Waals surface area contributed by atoms with Gasteiger partial charge in [0.1, 0.15) is 6.54 Å². The Morgan fingerprint density at radius 1 is 1.63 bits per heavy atom. The van der Waals surface area contributed by atoms with Crippen molar-refractivity contribution in [3.8, 4) is 0 Å². The molecule has 1 rings (SSSR count). The Balaban J connectivity index is 2.40. The minimum absolute atomic E-state index is 0.0214. The monoisotopic (exact) mass is 270 g/mol. The molecule has 7 nitrogen and oxygen atoms in total. The van der Waals surface area contributed by atoms with E-state index in [1.807, 2.05) is 0 Å². The first-order chi connectivity index (χ1) is 9.04. The molecule has 1 fully saturated rings. The Bertz CT molecular complexity index is 353. The molecule has 1 atom stereocenters. The van der Waals surface area contributed by atoms with Crippen molar-refractivity contribution in [2.24, 2.45) is 10.7 Å². The molecule has 3 N–H and O–H groups in total. The summed E-state index contributed by atoms with van der Waals surface area (Å²) in [6, 6.07) is -0.244. The Morgan fingerprint density at radius 2 is 2.37 bits per heavy atom. The van der Waals surface area contributed by atoms with Gasteiger partial charge >= 0.3 is 5.97 Å². The van der Waals surface area contributed by atoms with Crippen LogP contribution in [0.2, 0.25) is 0 Å². The lowest BCUT2D eigenvalue weighted by Crippen LogP contribution is -2.56. The summed E-state index contributed by atoms with van der Waals surface area (Å²) in [6.45, 7) is 3.59. The van der Waals surface area contributed by atoms with Crippen molar-refractivity contribution in [2.75, 3.05) is 33.3 Å². The van der Waals surface area contributed by atoms with Crippen LogP contribution in [-0.4, -0.2) is 61.9 Å². The Morgan fingerprint density at radius 3 is 3.00 bits per heavy atom. The van der Waals surface area contributed by atoms with E-state index in [1.54, 1.807) is 6.92 Å². The third kappa shape index (κ3) is 5.25. The van der Waals surface area contributed by atoms with Crippen LogP contribution in [0.25, 0.3) is 0 Å². The predicted molar refractivity (Wildman–Crippen MR) is 71.8 cm³/mol. The van der Waals surface area contributed by atoms with Gasteiger partial charge in [0.15, 0.2) is 0 Å². The number of nitrogens with one attached hydrogen (secondary N) is 1. The number of nitrogens with zero attached hydrogens (tertiary/aromatic N) is 2. The quantitative estimate of drug-likeness (QED) is 0.283. The standard InChI is InChI=1S/C12H22N4O3/c1-9(13)14-5-3-4-10-12(18)16(7-6-15-10)8-11(17)19-2/h10,15H,3-8H2,1-2H3,(H2,13,14)/t10-/m0/s1. The van der Waals surface area contributed by atoms with Gasteiger partial charge in [-0.3, -0.25) is 14.6 Å². The largest absolute Gasteiger partial charge is 0.468 e. The average molecular weight is 270 g/mol. The maximum atomic E-state index is 12.1. The second-order valence-corrected chi connectivity index (χ2v) is 4.51. The first-order valence-corrected chi connectivity index (χ1v) is 6.40. The number of methoxy groups -OCH3 is 1. The number of esters is 1. The van der Waals surface area contributed by atoms with Gasteiger partial charge in [0.05, 0.1) is 19.0 Å². The summed E-state index contributed by atoms with van der Waals surface area (Å²) in [5.74, 6) is 0.109. The van der Waals surface area contributed by atoms with Crippen LogP contribution in [0.1, 0.15) is 19.8 Å². The van der Waals surface area contributed by atoms with Gasteiger partial charge in [-0.15, -0.1) is 0 Å². The van der Waals surface area contributed by atoms with Crippen LogP contribution in [0.5, 0.6) is 0 Å². The van der Waals surface area contributed by atoms with Gasteiger partial charge in [-0.25, -0.2) is 0 Å². The maximum absolute atomic E-state index is 12.1. The number of piperazine rings is 1. The fourth-order valence-electron chi connectivity index (χ4n) is 1.95. The summed E-state index contributed by atoms with van der Waals surface area (Å²) >= 11 is 0. The van der Waals surface area contributed by atoms with Crippen molar-refractivity contribution in [1.29, 1.82) is 0 Å². The average Bonchev–Trinajstić information content (AvgIpc) is 2.38. The lowest BCUT2D eigenvalue weighted by atomic mass is 10.1. The van der Waals surface area contributed by atoms with Crippen LogP contribution in [0.3, 0.4) is 0 Å². The SMILES string of the molecule is COC(=O)CN1CCN[C@@H](CCCN=C(C)N)C1=O. The van der Waals surface area contributed by atoms with Crippen molar-refractivity contribution < 1.29 is 14.3 Å².